The Morgan fingerprint density at radius 1 is 1.38 bits per heavy atom. The van der Waals surface area contributed by atoms with Gasteiger partial charge in [0.1, 0.15) is 5.82 Å². The van der Waals surface area contributed by atoms with Crippen molar-refractivity contribution in [1.29, 1.82) is 0 Å². The normalized spacial score (nSPS) is 13.6. The fourth-order valence-corrected chi connectivity index (χ4v) is 2.37. The molecule has 2 aromatic rings. The predicted molar refractivity (Wildman–Crippen MR) is 74.2 cm³/mol. The van der Waals surface area contributed by atoms with Crippen LogP contribution in [0.25, 0.3) is 11.4 Å². The summed E-state index contributed by atoms with van der Waals surface area (Å²) in [4.78, 5) is 20.7. The summed E-state index contributed by atoms with van der Waals surface area (Å²) in [7, 11) is 1.31. The van der Waals surface area contributed by atoms with Crippen LogP contribution in [0.15, 0.2) is 24.3 Å². The van der Waals surface area contributed by atoms with Crippen molar-refractivity contribution in [1.82, 2.24) is 15.3 Å². The molecular formula is C15H14FN3O2. The smallest absolute Gasteiger partial charge is 0.357 e. The Morgan fingerprint density at radius 3 is 3.00 bits per heavy atom. The van der Waals surface area contributed by atoms with Gasteiger partial charge in [-0.05, 0) is 12.1 Å². The second kappa shape index (κ2) is 5.57. The fourth-order valence-electron chi connectivity index (χ4n) is 2.37. The van der Waals surface area contributed by atoms with Crippen LogP contribution in [0.2, 0.25) is 0 Å². The van der Waals surface area contributed by atoms with Crippen LogP contribution in [0.3, 0.4) is 0 Å². The molecule has 1 aromatic heterocycles. The number of hydrogen-bond donors (Lipinski definition) is 1. The lowest BCUT2D eigenvalue weighted by molar-refractivity contribution is 0.0592. The van der Waals surface area contributed by atoms with E-state index in [1.807, 2.05) is 0 Å². The summed E-state index contributed by atoms with van der Waals surface area (Å²) >= 11 is 0. The van der Waals surface area contributed by atoms with E-state index in [1.54, 1.807) is 12.1 Å². The van der Waals surface area contributed by atoms with Gasteiger partial charge in [-0.1, -0.05) is 12.1 Å². The van der Waals surface area contributed by atoms with Crippen LogP contribution in [-0.4, -0.2) is 29.6 Å². The van der Waals surface area contributed by atoms with Gasteiger partial charge in [-0.2, -0.15) is 0 Å². The maximum absolute atomic E-state index is 13.4. The molecule has 0 saturated carbocycles. The van der Waals surface area contributed by atoms with Crippen molar-refractivity contribution >= 4 is 5.97 Å². The number of esters is 1. The summed E-state index contributed by atoms with van der Waals surface area (Å²) in [5.74, 6) is -0.527. The van der Waals surface area contributed by atoms with Crippen molar-refractivity contribution in [2.75, 3.05) is 13.7 Å². The van der Waals surface area contributed by atoms with Crippen LogP contribution in [0.4, 0.5) is 4.39 Å². The van der Waals surface area contributed by atoms with E-state index in [9.17, 15) is 9.18 Å². The van der Waals surface area contributed by atoms with Crippen molar-refractivity contribution in [3.63, 3.8) is 0 Å². The molecule has 0 bridgehead atoms. The topological polar surface area (TPSA) is 64.1 Å². The zero-order chi connectivity index (χ0) is 14.8. The Morgan fingerprint density at radius 2 is 2.24 bits per heavy atom. The van der Waals surface area contributed by atoms with Gasteiger partial charge in [0.05, 0.1) is 12.8 Å². The van der Waals surface area contributed by atoms with Gasteiger partial charge in [-0.3, -0.25) is 0 Å². The first-order valence-electron chi connectivity index (χ1n) is 6.64. The Bertz CT molecular complexity index is 703. The zero-order valence-corrected chi connectivity index (χ0v) is 11.5. The van der Waals surface area contributed by atoms with Gasteiger partial charge in [-0.15, -0.1) is 0 Å². The molecule has 0 aliphatic carbocycles. The first-order valence-corrected chi connectivity index (χ1v) is 6.64. The molecule has 0 fully saturated rings. The van der Waals surface area contributed by atoms with E-state index < -0.39 is 5.97 Å². The molecule has 0 unspecified atom stereocenters. The number of hydrogen-bond acceptors (Lipinski definition) is 5. The number of fused-ring (bicyclic) bond motifs is 1. The molecular weight excluding hydrogens is 273 g/mol. The van der Waals surface area contributed by atoms with Crippen LogP contribution in [0.5, 0.6) is 0 Å². The minimum atomic E-state index is -0.505. The second-order valence-electron chi connectivity index (χ2n) is 4.75. The highest BCUT2D eigenvalue weighted by Gasteiger charge is 2.23. The van der Waals surface area contributed by atoms with E-state index >= 15 is 0 Å². The van der Waals surface area contributed by atoms with Gasteiger partial charge in [0.15, 0.2) is 11.5 Å². The van der Waals surface area contributed by atoms with Crippen molar-refractivity contribution in [3.05, 3.63) is 47.0 Å². The Kier molecular flexibility index (Phi) is 3.62. The molecule has 1 N–H and O–H groups in total. The third-order valence-corrected chi connectivity index (χ3v) is 3.39. The average Bonchev–Trinajstić information content (AvgIpc) is 2.53. The number of benzene rings is 1. The summed E-state index contributed by atoms with van der Waals surface area (Å²) in [5.41, 5.74) is 2.35. The maximum Gasteiger partial charge on any atom is 0.357 e. The number of halogens is 1. The first kappa shape index (κ1) is 13.6. The van der Waals surface area contributed by atoms with Crippen LogP contribution in [-0.2, 0) is 17.7 Å². The monoisotopic (exact) mass is 287 g/mol. The zero-order valence-electron chi connectivity index (χ0n) is 11.5. The van der Waals surface area contributed by atoms with Gasteiger partial charge in [0, 0.05) is 30.6 Å². The molecule has 1 aliphatic heterocycles. The highest BCUT2D eigenvalue weighted by atomic mass is 19.1. The Hall–Kier alpha value is -2.34. The molecule has 1 aliphatic rings. The number of nitrogens with one attached hydrogen (secondary N) is 1. The molecule has 21 heavy (non-hydrogen) atoms. The van der Waals surface area contributed by atoms with Crippen LogP contribution >= 0.6 is 0 Å². The number of rotatable bonds is 2. The number of nitrogens with zero attached hydrogens (tertiary/aromatic N) is 2. The SMILES string of the molecule is COC(=O)c1nc(-c2cccc(F)c2)nc2c1CNCC2. The highest BCUT2D eigenvalue weighted by Crippen LogP contribution is 2.22. The highest BCUT2D eigenvalue weighted by molar-refractivity contribution is 5.89. The standard InChI is InChI=1S/C15H14FN3O2/c1-21-15(20)13-11-8-17-6-5-12(11)18-14(19-13)9-3-2-4-10(16)7-9/h2-4,7,17H,5-6,8H2,1H3. The number of aromatic nitrogens is 2. The van der Waals surface area contributed by atoms with Crippen LogP contribution in [0.1, 0.15) is 21.7 Å². The summed E-state index contributed by atoms with van der Waals surface area (Å²) in [6.45, 7) is 1.32. The predicted octanol–water partition coefficient (Wildman–Crippen LogP) is 1.71. The van der Waals surface area contributed by atoms with E-state index in [1.165, 1.54) is 19.2 Å². The maximum atomic E-state index is 13.4. The number of carbonyl (C=O) groups excluding carboxylic acids is 1. The molecule has 0 atom stereocenters. The number of methoxy groups -OCH3 is 1. The third-order valence-electron chi connectivity index (χ3n) is 3.39. The molecule has 0 radical (unpaired) electrons. The van der Waals surface area contributed by atoms with Crippen LogP contribution in [0, 0.1) is 5.82 Å². The van der Waals surface area contributed by atoms with Gasteiger partial charge in [0.25, 0.3) is 0 Å². The number of ether oxygens (including phenoxy) is 1. The number of carbonyl (C=O) groups is 1. The molecule has 3 rings (SSSR count). The molecule has 2 heterocycles. The molecule has 6 heteroatoms. The van der Waals surface area contributed by atoms with E-state index in [4.69, 9.17) is 4.74 Å². The third kappa shape index (κ3) is 2.62. The summed E-state index contributed by atoms with van der Waals surface area (Å²) in [6, 6.07) is 6.01. The lowest BCUT2D eigenvalue weighted by Crippen LogP contribution is -2.28. The van der Waals surface area contributed by atoms with Crippen molar-refractivity contribution in [3.8, 4) is 11.4 Å². The first-order chi connectivity index (χ1) is 10.2. The largest absolute Gasteiger partial charge is 0.464 e. The van der Waals surface area contributed by atoms with Crippen molar-refractivity contribution in [2.24, 2.45) is 0 Å². The second-order valence-corrected chi connectivity index (χ2v) is 4.75. The quantitative estimate of drug-likeness (QED) is 0.852. The molecule has 0 saturated heterocycles. The fraction of sp³-hybridized carbons (Fsp3) is 0.267. The molecule has 5 nitrogen and oxygen atoms in total. The van der Waals surface area contributed by atoms with E-state index in [2.05, 4.69) is 15.3 Å². The van der Waals surface area contributed by atoms with E-state index in [0.29, 0.717) is 24.4 Å². The minimum Gasteiger partial charge on any atom is -0.464 e. The Balaban J connectivity index is 2.16. The van der Waals surface area contributed by atoms with E-state index in [0.717, 1.165) is 17.8 Å². The van der Waals surface area contributed by atoms with Gasteiger partial charge < -0.3 is 10.1 Å². The summed E-state index contributed by atoms with van der Waals surface area (Å²) in [6.07, 6.45) is 0.699. The lowest BCUT2D eigenvalue weighted by Gasteiger charge is -2.19. The molecule has 0 amide bonds. The van der Waals surface area contributed by atoms with Crippen LogP contribution < -0.4 is 5.32 Å². The molecule has 1 aromatic carbocycles. The molecule has 108 valence electrons. The summed E-state index contributed by atoms with van der Waals surface area (Å²) < 4.78 is 18.1. The minimum absolute atomic E-state index is 0.244. The van der Waals surface area contributed by atoms with Gasteiger partial charge in [0.2, 0.25) is 0 Å². The summed E-state index contributed by atoms with van der Waals surface area (Å²) in [5, 5.41) is 3.18. The molecule has 0 spiro atoms. The van der Waals surface area contributed by atoms with E-state index in [-0.39, 0.29) is 11.5 Å². The van der Waals surface area contributed by atoms with Gasteiger partial charge in [-0.25, -0.2) is 19.2 Å². The van der Waals surface area contributed by atoms with Gasteiger partial charge >= 0.3 is 5.97 Å². The average molecular weight is 287 g/mol. The van der Waals surface area contributed by atoms with Crippen molar-refractivity contribution in [2.45, 2.75) is 13.0 Å². The van der Waals surface area contributed by atoms with Crippen molar-refractivity contribution < 1.29 is 13.9 Å². The lowest BCUT2D eigenvalue weighted by atomic mass is 10.0. The Labute approximate surface area is 121 Å².